The SMILES string of the molecule is CCc1cc(N2CCN(CCOC)CC2)c2ncccc2c1. The Morgan fingerprint density at radius 3 is 2.73 bits per heavy atom. The standard InChI is InChI=1S/C18H25N3O/c1-3-15-13-16-5-4-6-19-18(16)17(14-15)21-9-7-20(8-10-21)11-12-22-2/h4-6,13-14H,3,7-12H2,1-2H3. The molecule has 0 atom stereocenters. The van der Waals surface area contributed by atoms with Crippen LogP contribution in [0, 0.1) is 0 Å². The van der Waals surface area contributed by atoms with Crippen molar-refractivity contribution in [2.45, 2.75) is 13.3 Å². The summed E-state index contributed by atoms with van der Waals surface area (Å²) in [6, 6.07) is 8.77. The summed E-state index contributed by atoms with van der Waals surface area (Å²) in [5, 5.41) is 1.25. The molecule has 1 aliphatic rings. The van der Waals surface area contributed by atoms with Crippen LogP contribution in [0.1, 0.15) is 12.5 Å². The molecule has 4 nitrogen and oxygen atoms in total. The quantitative estimate of drug-likeness (QED) is 0.848. The Kier molecular flexibility index (Phi) is 4.90. The van der Waals surface area contributed by atoms with Gasteiger partial charge in [0.2, 0.25) is 0 Å². The first-order valence-electron chi connectivity index (χ1n) is 8.15. The number of fused-ring (bicyclic) bond motifs is 1. The van der Waals surface area contributed by atoms with Crippen molar-refractivity contribution >= 4 is 16.6 Å². The molecule has 1 aromatic carbocycles. The minimum absolute atomic E-state index is 0.815. The zero-order valence-corrected chi connectivity index (χ0v) is 13.6. The van der Waals surface area contributed by atoms with Crippen LogP contribution >= 0.6 is 0 Å². The molecule has 3 rings (SSSR count). The van der Waals surface area contributed by atoms with Crippen molar-refractivity contribution in [3.63, 3.8) is 0 Å². The number of aromatic nitrogens is 1. The van der Waals surface area contributed by atoms with Crippen LogP contribution in [0.5, 0.6) is 0 Å². The molecule has 2 heterocycles. The molecule has 0 aliphatic carbocycles. The Morgan fingerprint density at radius 2 is 2.00 bits per heavy atom. The third kappa shape index (κ3) is 3.23. The zero-order chi connectivity index (χ0) is 15.4. The Bertz CT molecular complexity index is 621. The van der Waals surface area contributed by atoms with Gasteiger partial charge in [-0.25, -0.2) is 0 Å². The summed E-state index contributed by atoms with van der Waals surface area (Å²) in [6.45, 7) is 8.35. The number of methoxy groups -OCH3 is 1. The van der Waals surface area contributed by atoms with Gasteiger partial charge in [0.05, 0.1) is 17.8 Å². The minimum atomic E-state index is 0.815. The van der Waals surface area contributed by atoms with Crippen LogP contribution < -0.4 is 4.90 Å². The van der Waals surface area contributed by atoms with Gasteiger partial charge in [-0.2, -0.15) is 0 Å². The van der Waals surface area contributed by atoms with Crippen molar-refractivity contribution in [1.29, 1.82) is 0 Å². The molecule has 0 bridgehead atoms. The maximum Gasteiger partial charge on any atom is 0.0935 e. The molecule has 0 saturated carbocycles. The van der Waals surface area contributed by atoms with Crippen LogP contribution in [0.3, 0.4) is 0 Å². The number of piperazine rings is 1. The summed E-state index contributed by atoms with van der Waals surface area (Å²) in [6.07, 6.45) is 2.96. The van der Waals surface area contributed by atoms with Crippen LogP contribution in [0.15, 0.2) is 30.5 Å². The third-order valence-corrected chi connectivity index (χ3v) is 4.48. The Labute approximate surface area is 132 Å². The van der Waals surface area contributed by atoms with Crippen LogP contribution in [0.2, 0.25) is 0 Å². The second kappa shape index (κ2) is 7.07. The predicted molar refractivity (Wildman–Crippen MR) is 91.7 cm³/mol. The largest absolute Gasteiger partial charge is 0.383 e. The van der Waals surface area contributed by atoms with Gasteiger partial charge in [0.15, 0.2) is 0 Å². The van der Waals surface area contributed by atoms with E-state index in [9.17, 15) is 0 Å². The van der Waals surface area contributed by atoms with E-state index in [1.165, 1.54) is 16.6 Å². The van der Waals surface area contributed by atoms with Gasteiger partial charge in [-0.05, 0) is 30.2 Å². The van der Waals surface area contributed by atoms with Crippen molar-refractivity contribution in [2.24, 2.45) is 0 Å². The topological polar surface area (TPSA) is 28.6 Å². The Hall–Kier alpha value is -1.65. The molecular weight excluding hydrogens is 274 g/mol. The molecule has 1 aliphatic heterocycles. The highest BCUT2D eigenvalue weighted by molar-refractivity contribution is 5.91. The van der Waals surface area contributed by atoms with E-state index in [2.05, 4.69) is 39.9 Å². The average molecular weight is 299 g/mol. The number of ether oxygens (including phenoxy) is 1. The fourth-order valence-electron chi connectivity index (χ4n) is 3.11. The second-order valence-electron chi connectivity index (χ2n) is 5.87. The molecule has 0 N–H and O–H groups in total. The van der Waals surface area contributed by atoms with Crippen molar-refractivity contribution in [3.05, 3.63) is 36.0 Å². The van der Waals surface area contributed by atoms with E-state index in [1.54, 1.807) is 7.11 Å². The highest BCUT2D eigenvalue weighted by atomic mass is 16.5. The number of aryl methyl sites for hydroxylation is 1. The number of anilines is 1. The number of pyridine rings is 1. The summed E-state index contributed by atoms with van der Waals surface area (Å²) >= 11 is 0. The van der Waals surface area contributed by atoms with E-state index in [0.29, 0.717) is 0 Å². The summed E-state index contributed by atoms with van der Waals surface area (Å²) in [7, 11) is 1.77. The number of benzene rings is 1. The van der Waals surface area contributed by atoms with Crippen LogP contribution in [0.4, 0.5) is 5.69 Å². The maximum absolute atomic E-state index is 5.18. The van der Waals surface area contributed by atoms with Gasteiger partial charge in [-0.1, -0.05) is 13.0 Å². The Morgan fingerprint density at radius 1 is 1.18 bits per heavy atom. The molecule has 0 radical (unpaired) electrons. The zero-order valence-electron chi connectivity index (χ0n) is 13.6. The summed E-state index contributed by atoms with van der Waals surface area (Å²) in [5.41, 5.74) is 3.81. The van der Waals surface area contributed by atoms with Gasteiger partial charge in [-0.15, -0.1) is 0 Å². The van der Waals surface area contributed by atoms with Crippen LogP contribution in [-0.4, -0.2) is 56.3 Å². The van der Waals surface area contributed by atoms with Crippen LogP contribution in [-0.2, 0) is 11.2 Å². The summed E-state index contributed by atoms with van der Waals surface area (Å²) in [4.78, 5) is 9.58. The predicted octanol–water partition coefficient (Wildman–Crippen LogP) is 2.57. The van der Waals surface area contributed by atoms with Gasteiger partial charge in [-0.3, -0.25) is 9.88 Å². The van der Waals surface area contributed by atoms with E-state index in [0.717, 1.165) is 51.3 Å². The molecule has 2 aromatic rings. The molecule has 1 saturated heterocycles. The maximum atomic E-state index is 5.18. The van der Waals surface area contributed by atoms with Crippen molar-refractivity contribution in [2.75, 3.05) is 51.3 Å². The van der Waals surface area contributed by atoms with Crippen molar-refractivity contribution in [1.82, 2.24) is 9.88 Å². The van der Waals surface area contributed by atoms with Crippen LogP contribution in [0.25, 0.3) is 10.9 Å². The lowest BCUT2D eigenvalue weighted by Crippen LogP contribution is -2.47. The fraction of sp³-hybridized carbons (Fsp3) is 0.500. The fourth-order valence-corrected chi connectivity index (χ4v) is 3.11. The lowest BCUT2D eigenvalue weighted by Gasteiger charge is -2.36. The first-order chi connectivity index (χ1) is 10.8. The van der Waals surface area contributed by atoms with Crippen molar-refractivity contribution < 1.29 is 4.74 Å². The average Bonchev–Trinajstić information content (AvgIpc) is 2.59. The van der Waals surface area contributed by atoms with E-state index in [4.69, 9.17) is 4.74 Å². The lowest BCUT2D eigenvalue weighted by molar-refractivity contribution is 0.144. The van der Waals surface area contributed by atoms with Gasteiger partial charge in [0.25, 0.3) is 0 Å². The van der Waals surface area contributed by atoms with Gasteiger partial charge in [0.1, 0.15) is 0 Å². The highest BCUT2D eigenvalue weighted by Gasteiger charge is 2.19. The first kappa shape index (κ1) is 15.3. The number of hydrogen-bond acceptors (Lipinski definition) is 4. The van der Waals surface area contributed by atoms with E-state index >= 15 is 0 Å². The highest BCUT2D eigenvalue weighted by Crippen LogP contribution is 2.28. The second-order valence-corrected chi connectivity index (χ2v) is 5.87. The smallest absolute Gasteiger partial charge is 0.0935 e. The third-order valence-electron chi connectivity index (χ3n) is 4.48. The molecule has 118 valence electrons. The normalized spacial score (nSPS) is 16.4. The van der Waals surface area contributed by atoms with Gasteiger partial charge in [0, 0.05) is 51.4 Å². The molecule has 0 amide bonds. The summed E-state index contributed by atoms with van der Waals surface area (Å²) in [5.74, 6) is 0. The van der Waals surface area contributed by atoms with E-state index in [-0.39, 0.29) is 0 Å². The number of rotatable bonds is 5. The number of hydrogen-bond donors (Lipinski definition) is 0. The molecule has 0 unspecified atom stereocenters. The summed E-state index contributed by atoms with van der Waals surface area (Å²) < 4.78 is 5.18. The van der Waals surface area contributed by atoms with E-state index in [1.807, 2.05) is 12.3 Å². The molecule has 22 heavy (non-hydrogen) atoms. The molecule has 0 spiro atoms. The first-order valence-corrected chi connectivity index (χ1v) is 8.15. The van der Waals surface area contributed by atoms with Gasteiger partial charge >= 0.3 is 0 Å². The van der Waals surface area contributed by atoms with Crippen molar-refractivity contribution in [3.8, 4) is 0 Å². The molecule has 4 heteroatoms. The molecule has 1 aromatic heterocycles. The number of nitrogens with zero attached hydrogens (tertiary/aromatic N) is 3. The lowest BCUT2D eigenvalue weighted by atomic mass is 10.1. The Balaban J connectivity index is 1.81. The van der Waals surface area contributed by atoms with Gasteiger partial charge < -0.3 is 9.64 Å². The monoisotopic (exact) mass is 299 g/mol. The minimum Gasteiger partial charge on any atom is -0.383 e. The molecule has 1 fully saturated rings. The van der Waals surface area contributed by atoms with E-state index < -0.39 is 0 Å². The molecular formula is C18H25N3O.